The van der Waals surface area contributed by atoms with E-state index in [9.17, 15) is 13.2 Å². The van der Waals surface area contributed by atoms with E-state index in [-0.39, 0.29) is 28.4 Å². The number of carbonyl (C=O) groups is 1. The summed E-state index contributed by atoms with van der Waals surface area (Å²) in [6.45, 7) is 0.779. The van der Waals surface area contributed by atoms with Crippen LogP contribution in [0.15, 0.2) is 24.3 Å². The molecule has 1 aliphatic rings. The molecule has 0 spiro atoms. The van der Waals surface area contributed by atoms with Crippen molar-refractivity contribution >= 4 is 39.1 Å². The molecule has 22 heavy (non-hydrogen) atoms. The van der Waals surface area contributed by atoms with Crippen LogP contribution < -0.4 is 10.1 Å². The number of thioether (sulfide) groups is 1. The average molecular weight is 364 g/mol. The van der Waals surface area contributed by atoms with Crippen LogP contribution in [0.2, 0.25) is 5.02 Å². The minimum atomic E-state index is -2.88. The number of ether oxygens (including phenoxy) is 1. The van der Waals surface area contributed by atoms with Crippen LogP contribution in [0.3, 0.4) is 0 Å². The first-order valence-corrected chi connectivity index (χ1v) is 10.2. The number of rotatable bonds is 7. The largest absolute Gasteiger partial charge is 0.492 e. The second kappa shape index (κ2) is 8.08. The first kappa shape index (κ1) is 17.4. The van der Waals surface area contributed by atoms with Crippen LogP contribution in [0.25, 0.3) is 0 Å². The van der Waals surface area contributed by atoms with E-state index in [0.29, 0.717) is 30.3 Å². The highest BCUT2D eigenvalue weighted by Gasteiger charge is 2.28. The van der Waals surface area contributed by atoms with E-state index in [4.69, 9.17) is 16.3 Å². The van der Waals surface area contributed by atoms with Gasteiger partial charge in [0.1, 0.15) is 12.4 Å². The Morgan fingerprint density at radius 1 is 1.36 bits per heavy atom. The second-order valence-corrected chi connectivity index (χ2v) is 8.94. The molecular weight excluding hydrogens is 346 g/mol. The van der Waals surface area contributed by atoms with Crippen LogP contribution in [-0.2, 0) is 14.6 Å². The molecule has 0 aliphatic carbocycles. The van der Waals surface area contributed by atoms with Crippen molar-refractivity contribution in [2.45, 2.75) is 11.7 Å². The highest BCUT2D eigenvalue weighted by atomic mass is 35.5. The smallest absolute Gasteiger partial charge is 0.230 e. The predicted molar refractivity (Wildman–Crippen MR) is 89.5 cm³/mol. The first-order chi connectivity index (χ1) is 10.4. The monoisotopic (exact) mass is 363 g/mol. The average Bonchev–Trinajstić information content (AvgIpc) is 2.83. The Morgan fingerprint density at radius 2 is 2.09 bits per heavy atom. The van der Waals surface area contributed by atoms with Crippen molar-refractivity contribution < 1.29 is 17.9 Å². The van der Waals surface area contributed by atoms with Crippen LogP contribution >= 0.6 is 23.4 Å². The Kier molecular flexibility index (Phi) is 6.40. The molecule has 0 radical (unpaired) electrons. The Hall–Kier alpha value is -0.920. The van der Waals surface area contributed by atoms with E-state index in [1.807, 2.05) is 0 Å². The molecule has 1 saturated heterocycles. The van der Waals surface area contributed by atoms with Crippen LogP contribution in [0, 0.1) is 0 Å². The molecule has 5 nitrogen and oxygen atoms in total. The maximum atomic E-state index is 11.7. The minimum absolute atomic E-state index is 0.0427. The number of hydrogen-bond acceptors (Lipinski definition) is 5. The van der Waals surface area contributed by atoms with E-state index < -0.39 is 9.84 Å². The summed E-state index contributed by atoms with van der Waals surface area (Å²) in [5.41, 5.74) is 0. The molecule has 1 N–H and O–H groups in total. The summed E-state index contributed by atoms with van der Waals surface area (Å²) in [5, 5.41) is 3.44. The van der Waals surface area contributed by atoms with Gasteiger partial charge in [-0.3, -0.25) is 4.79 Å². The molecular formula is C14H18ClNO4S2. The summed E-state index contributed by atoms with van der Waals surface area (Å²) in [4.78, 5) is 11.7. The number of amides is 1. The van der Waals surface area contributed by atoms with Gasteiger partial charge in [-0.25, -0.2) is 8.42 Å². The molecule has 0 saturated carbocycles. The van der Waals surface area contributed by atoms with Crippen LogP contribution in [0.5, 0.6) is 5.75 Å². The summed E-state index contributed by atoms with van der Waals surface area (Å²) in [7, 11) is -2.88. The van der Waals surface area contributed by atoms with Crippen molar-refractivity contribution in [3.63, 3.8) is 0 Å². The quantitative estimate of drug-likeness (QED) is 0.747. The zero-order valence-corrected chi connectivity index (χ0v) is 14.3. The van der Waals surface area contributed by atoms with Gasteiger partial charge < -0.3 is 10.1 Å². The van der Waals surface area contributed by atoms with Gasteiger partial charge in [0.25, 0.3) is 0 Å². The normalized spacial score (nSPS) is 19.8. The number of nitrogens with one attached hydrogen (secondary N) is 1. The van der Waals surface area contributed by atoms with Gasteiger partial charge in [0.15, 0.2) is 9.84 Å². The fraction of sp³-hybridized carbons (Fsp3) is 0.500. The maximum absolute atomic E-state index is 11.7. The van der Waals surface area contributed by atoms with Crippen LogP contribution in [0.1, 0.15) is 6.42 Å². The van der Waals surface area contributed by atoms with Crippen LogP contribution in [-0.4, -0.2) is 50.0 Å². The molecule has 2 rings (SSSR count). The van der Waals surface area contributed by atoms with E-state index >= 15 is 0 Å². The van der Waals surface area contributed by atoms with E-state index in [2.05, 4.69) is 5.32 Å². The summed E-state index contributed by atoms with van der Waals surface area (Å²) in [5.74, 6) is 1.30. The third kappa shape index (κ3) is 6.06. The van der Waals surface area contributed by atoms with Crippen molar-refractivity contribution in [3.8, 4) is 5.75 Å². The summed E-state index contributed by atoms with van der Waals surface area (Å²) >= 11 is 7.17. The lowest BCUT2D eigenvalue weighted by Gasteiger charge is -2.09. The van der Waals surface area contributed by atoms with Gasteiger partial charge in [0.2, 0.25) is 5.91 Å². The summed E-state index contributed by atoms with van der Waals surface area (Å²) in [6, 6.07) is 7.00. The molecule has 0 bridgehead atoms. The Labute approximate surface area is 139 Å². The highest BCUT2D eigenvalue weighted by molar-refractivity contribution is 8.02. The van der Waals surface area contributed by atoms with Crippen molar-refractivity contribution in [1.82, 2.24) is 5.32 Å². The molecule has 1 fully saturated rings. The molecule has 1 aromatic carbocycles. The van der Waals surface area contributed by atoms with E-state index in [1.165, 1.54) is 11.8 Å². The van der Waals surface area contributed by atoms with E-state index in [0.717, 1.165) is 0 Å². The predicted octanol–water partition coefficient (Wildman–Crippen LogP) is 1.76. The van der Waals surface area contributed by atoms with Gasteiger partial charge in [0.05, 0.1) is 23.8 Å². The Bertz CT molecular complexity index is 604. The maximum Gasteiger partial charge on any atom is 0.230 e. The highest BCUT2D eigenvalue weighted by Crippen LogP contribution is 2.23. The lowest BCUT2D eigenvalue weighted by Crippen LogP contribution is -2.30. The van der Waals surface area contributed by atoms with Gasteiger partial charge in [-0.2, -0.15) is 0 Å². The van der Waals surface area contributed by atoms with Crippen LogP contribution in [0.4, 0.5) is 0 Å². The molecule has 1 aromatic rings. The number of halogens is 1. The zero-order valence-electron chi connectivity index (χ0n) is 12.0. The van der Waals surface area contributed by atoms with Gasteiger partial charge in [0, 0.05) is 10.3 Å². The lowest BCUT2D eigenvalue weighted by molar-refractivity contribution is -0.118. The number of benzene rings is 1. The van der Waals surface area contributed by atoms with Crippen molar-refractivity contribution in [3.05, 3.63) is 29.3 Å². The third-order valence-electron chi connectivity index (χ3n) is 3.15. The standard InChI is InChI=1S/C14H18ClNO4S2/c15-11-1-3-12(4-2-11)20-7-6-16-14(17)9-21-13-5-8-22(18,19)10-13/h1-4,13H,5-10H2,(H,16,17)/t13-/m0/s1. The fourth-order valence-corrected chi connectivity index (χ4v) is 5.63. The zero-order chi connectivity index (χ0) is 16.0. The van der Waals surface area contributed by atoms with Gasteiger partial charge in [-0.15, -0.1) is 11.8 Å². The molecule has 1 aliphatic heterocycles. The lowest BCUT2D eigenvalue weighted by atomic mass is 10.3. The first-order valence-electron chi connectivity index (χ1n) is 6.92. The summed E-state index contributed by atoms with van der Waals surface area (Å²) < 4.78 is 28.1. The molecule has 1 atom stereocenters. The van der Waals surface area contributed by atoms with Crippen molar-refractivity contribution in [2.75, 3.05) is 30.4 Å². The SMILES string of the molecule is O=C(CS[C@H]1CCS(=O)(=O)C1)NCCOc1ccc(Cl)cc1. The third-order valence-corrected chi connectivity index (χ3v) is 6.68. The second-order valence-electron chi connectivity index (χ2n) is 4.99. The number of sulfone groups is 1. The Morgan fingerprint density at radius 3 is 2.73 bits per heavy atom. The summed E-state index contributed by atoms with van der Waals surface area (Å²) in [6.07, 6.45) is 0.639. The van der Waals surface area contributed by atoms with Gasteiger partial charge in [-0.05, 0) is 30.7 Å². The van der Waals surface area contributed by atoms with Gasteiger partial charge >= 0.3 is 0 Å². The molecule has 0 aromatic heterocycles. The molecule has 122 valence electrons. The topological polar surface area (TPSA) is 72.5 Å². The Balaban J connectivity index is 1.57. The molecule has 1 heterocycles. The fourth-order valence-electron chi connectivity index (χ4n) is 2.03. The van der Waals surface area contributed by atoms with Crippen molar-refractivity contribution in [1.29, 1.82) is 0 Å². The van der Waals surface area contributed by atoms with E-state index in [1.54, 1.807) is 24.3 Å². The molecule has 8 heteroatoms. The van der Waals surface area contributed by atoms with Crippen molar-refractivity contribution in [2.24, 2.45) is 0 Å². The number of carbonyl (C=O) groups excluding carboxylic acids is 1. The molecule has 0 unspecified atom stereocenters. The molecule has 1 amide bonds. The minimum Gasteiger partial charge on any atom is -0.492 e. The van der Waals surface area contributed by atoms with Gasteiger partial charge in [-0.1, -0.05) is 11.6 Å². The number of hydrogen-bond donors (Lipinski definition) is 1.